The summed E-state index contributed by atoms with van der Waals surface area (Å²) in [5, 5.41) is 0.426. The van der Waals surface area contributed by atoms with E-state index in [1.54, 1.807) is 6.08 Å². The third kappa shape index (κ3) is 5.37. The van der Waals surface area contributed by atoms with Gasteiger partial charge < -0.3 is 4.74 Å². The second-order valence-electron chi connectivity index (χ2n) is 7.24. The maximum atomic E-state index is 12.8. The van der Waals surface area contributed by atoms with E-state index in [0.29, 0.717) is 22.3 Å². The predicted octanol–water partition coefficient (Wildman–Crippen LogP) is 6.46. The van der Waals surface area contributed by atoms with Crippen LogP contribution in [-0.4, -0.2) is 16.0 Å². The lowest BCUT2D eigenvalue weighted by Gasteiger charge is -2.12. The van der Waals surface area contributed by atoms with Gasteiger partial charge in [0.2, 0.25) is 0 Å². The van der Waals surface area contributed by atoms with Crippen LogP contribution in [0.15, 0.2) is 77.7 Å². The summed E-state index contributed by atoms with van der Waals surface area (Å²) >= 11 is 6.87. The van der Waals surface area contributed by atoms with Crippen LogP contribution in [0.4, 0.5) is 4.79 Å². The molecule has 0 bridgehead atoms. The number of ether oxygens (including phenoxy) is 1. The molecule has 1 aliphatic rings. The smallest absolute Gasteiger partial charge is 0.293 e. The number of carbonyl (C=O) groups is 2. The normalized spacial score (nSPS) is 15.0. The number of imide groups is 1. The Kier molecular flexibility index (Phi) is 6.44. The van der Waals surface area contributed by atoms with Gasteiger partial charge in [0.15, 0.2) is 0 Å². The summed E-state index contributed by atoms with van der Waals surface area (Å²) in [6, 6.07) is 22.7. The molecule has 156 valence electrons. The first-order chi connectivity index (χ1) is 15.0. The number of carbonyl (C=O) groups excluding carboxylic acids is 2. The van der Waals surface area contributed by atoms with E-state index >= 15 is 0 Å². The van der Waals surface area contributed by atoms with Gasteiger partial charge >= 0.3 is 0 Å². The summed E-state index contributed by atoms with van der Waals surface area (Å²) in [5.41, 5.74) is 3.83. The molecule has 0 aliphatic carbocycles. The molecular formula is C25H20ClNO3S. The molecule has 1 saturated heterocycles. The molecule has 0 saturated carbocycles. The molecule has 0 N–H and O–H groups in total. The molecule has 3 aromatic carbocycles. The molecule has 2 amide bonds. The summed E-state index contributed by atoms with van der Waals surface area (Å²) in [4.78, 5) is 26.9. The topological polar surface area (TPSA) is 46.6 Å². The van der Waals surface area contributed by atoms with Gasteiger partial charge in [-0.1, -0.05) is 65.7 Å². The number of halogens is 1. The molecule has 1 fully saturated rings. The van der Waals surface area contributed by atoms with Crippen LogP contribution in [0, 0.1) is 6.92 Å². The van der Waals surface area contributed by atoms with Crippen LogP contribution < -0.4 is 4.74 Å². The number of benzene rings is 3. The maximum absolute atomic E-state index is 12.8. The van der Waals surface area contributed by atoms with Crippen molar-refractivity contribution in [3.63, 3.8) is 0 Å². The average molecular weight is 450 g/mol. The highest BCUT2D eigenvalue weighted by atomic mass is 35.5. The molecule has 0 aromatic heterocycles. The van der Waals surface area contributed by atoms with E-state index in [4.69, 9.17) is 16.3 Å². The van der Waals surface area contributed by atoms with Crippen LogP contribution in [0.2, 0.25) is 5.02 Å². The van der Waals surface area contributed by atoms with Crippen LogP contribution in [0.25, 0.3) is 6.08 Å². The highest BCUT2D eigenvalue weighted by Crippen LogP contribution is 2.33. The summed E-state index contributed by atoms with van der Waals surface area (Å²) < 4.78 is 5.85. The fourth-order valence-electron chi connectivity index (χ4n) is 3.22. The molecule has 3 aromatic rings. The Morgan fingerprint density at radius 2 is 1.74 bits per heavy atom. The Hall–Kier alpha value is -3.02. The minimum atomic E-state index is -0.274. The SMILES string of the molecule is Cc1cccc(CN2C(=O)S/C(=C\c3cccc(OCc4ccc(Cl)cc4)c3)C2=O)c1. The van der Waals surface area contributed by atoms with Gasteiger partial charge in [-0.3, -0.25) is 14.5 Å². The highest BCUT2D eigenvalue weighted by Gasteiger charge is 2.34. The lowest BCUT2D eigenvalue weighted by Crippen LogP contribution is -2.27. The minimum absolute atomic E-state index is 0.257. The maximum Gasteiger partial charge on any atom is 0.293 e. The Labute approximate surface area is 190 Å². The van der Waals surface area contributed by atoms with Gasteiger partial charge in [-0.25, -0.2) is 0 Å². The van der Waals surface area contributed by atoms with Crippen molar-refractivity contribution in [2.24, 2.45) is 0 Å². The molecule has 1 heterocycles. The van der Waals surface area contributed by atoms with Crippen molar-refractivity contribution in [3.05, 3.63) is 105 Å². The second kappa shape index (κ2) is 9.41. The average Bonchev–Trinajstić information content (AvgIpc) is 3.01. The minimum Gasteiger partial charge on any atom is -0.489 e. The Morgan fingerprint density at radius 3 is 2.52 bits per heavy atom. The molecular weight excluding hydrogens is 430 g/mol. The number of nitrogens with zero attached hydrogens (tertiary/aromatic N) is 1. The molecule has 4 rings (SSSR count). The second-order valence-corrected chi connectivity index (χ2v) is 8.67. The van der Waals surface area contributed by atoms with Gasteiger partial charge in [0.05, 0.1) is 11.4 Å². The van der Waals surface area contributed by atoms with Gasteiger partial charge in [0, 0.05) is 5.02 Å². The first-order valence-corrected chi connectivity index (χ1v) is 11.0. The number of amides is 2. The van der Waals surface area contributed by atoms with E-state index in [9.17, 15) is 9.59 Å². The van der Waals surface area contributed by atoms with Crippen LogP contribution in [0.3, 0.4) is 0 Å². The van der Waals surface area contributed by atoms with Crippen molar-refractivity contribution in [1.29, 1.82) is 0 Å². The zero-order valence-electron chi connectivity index (χ0n) is 16.9. The largest absolute Gasteiger partial charge is 0.489 e. The fourth-order valence-corrected chi connectivity index (χ4v) is 4.19. The molecule has 31 heavy (non-hydrogen) atoms. The molecule has 0 atom stereocenters. The van der Waals surface area contributed by atoms with Gasteiger partial charge in [-0.2, -0.15) is 0 Å². The Balaban J connectivity index is 1.45. The van der Waals surface area contributed by atoms with Crippen LogP contribution in [0.1, 0.15) is 22.3 Å². The number of aryl methyl sites for hydroxylation is 1. The van der Waals surface area contributed by atoms with Gasteiger partial charge in [0.25, 0.3) is 11.1 Å². The number of thioether (sulfide) groups is 1. The zero-order chi connectivity index (χ0) is 21.8. The molecule has 0 radical (unpaired) electrons. The van der Waals surface area contributed by atoms with E-state index in [0.717, 1.165) is 34.0 Å². The van der Waals surface area contributed by atoms with E-state index in [1.807, 2.05) is 79.7 Å². The highest BCUT2D eigenvalue weighted by molar-refractivity contribution is 8.18. The molecule has 4 nitrogen and oxygen atoms in total. The quantitative estimate of drug-likeness (QED) is 0.405. The van der Waals surface area contributed by atoms with Gasteiger partial charge in [-0.15, -0.1) is 0 Å². The van der Waals surface area contributed by atoms with Gasteiger partial charge in [0.1, 0.15) is 12.4 Å². The first-order valence-electron chi connectivity index (χ1n) is 9.76. The van der Waals surface area contributed by atoms with E-state index < -0.39 is 0 Å². The summed E-state index contributed by atoms with van der Waals surface area (Å²) in [7, 11) is 0. The van der Waals surface area contributed by atoms with Crippen LogP contribution in [0.5, 0.6) is 5.75 Å². The van der Waals surface area contributed by atoms with Crippen molar-refractivity contribution in [1.82, 2.24) is 4.90 Å². The number of hydrogen-bond acceptors (Lipinski definition) is 4. The monoisotopic (exact) mass is 449 g/mol. The van der Waals surface area contributed by atoms with Crippen LogP contribution >= 0.6 is 23.4 Å². The lowest BCUT2D eigenvalue weighted by molar-refractivity contribution is -0.123. The molecule has 0 spiro atoms. The Morgan fingerprint density at radius 1 is 0.968 bits per heavy atom. The van der Waals surface area contributed by atoms with Crippen molar-refractivity contribution < 1.29 is 14.3 Å². The summed E-state index contributed by atoms with van der Waals surface area (Å²) in [6.45, 7) is 2.67. The number of rotatable bonds is 6. The zero-order valence-corrected chi connectivity index (χ0v) is 18.5. The molecule has 6 heteroatoms. The van der Waals surface area contributed by atoms with Crippen molar-refractivity contribution in [2.45, 2.75) is 20.1 Å². The van der Waals surface area contributed by atoms with Gasteiger partial charge in [-0.05, 0) is 65.7 Å². The summed E-state index contributed by atoms with van der Waals surface area (Å²) in [6.07, 6.45) is 1.73. The van der Waals surface area contributed by atoms with E-state index in [2.05, 4.69) is 0 Å². The molecule has 1 aliphatic heterocycles. The summed E-state index contributed by atoms with van der Waals surface area (Å²) in [5.74, 6) is 0.409. The first kappa shape index (κ1) is 21.2. The third-order valence-electron chi connectivity index (χ3n) is 4.77. The molecule has 0 unspecified atom stereocenters. The standard InChI is InChI=1S/C25H20ClNO3S/c1-17-4-2-6-20(12-17)15-27-24(28)23(31-25(27)29)14-19-5-3-7-22(13-19)30-16-18-8-10-21(26)11-9-18/h2-14H,15-16H2,1H3/b23-14-. The predicted molar refractivity (Wildman–Crippen MR) is 125 cm³/mol. The van der Waals surface area contributed by atoms with Crippen molar-refractivity contribution in [3.8, 4) is 5.75 Å². The lowest BCUT2D eigenvalue weighted by atomic mass is 10.1. The number of hydrogen-bond donors (Lipinski definition) is 0. The fraction of sp³-hybridized carbons (Fsp3) is 0.120. The van der Waals surface area contributed by atoms with Crippen molar-refractivity contribution >= 4 is 40.6 Å². The van der Waals surface area contributed by atoms with Crippen molar-refractivity contribution in [2.75, 3.05) is 0 Å². The van der Waals surface area contributed by atoms with E-state index in [-0.39, 0.29) is 17.7 Å². The Bertz CT molecular complexity index is 1160. The third-order valence-corrected chi connectivity index (χ3v) is 5.93. The van der Waals surface area contributed by atoms with Crippen LogP contribution in [-0.2, 0) is 17.9 Å². The van der Waals surface area contributed by atoms with E-state index in [1.165, 1.54) is 4.90 Å².